The van der Waals surface area contributed by atoms with Gasteiger partial charge >= 0.3 is 6.36 Å². The topological polar surface area (TPSA) is 73.6 Å². The van der Waals surface area contributed by atoms with Gasteiger partial charge in [0, 0.05) is 18.3 Å². The van der Waals surface area contributed by atoms with Crippen molar-refractivity contribution in [1.29, 1.82) is 0 Å². The van der Waals surface area contributed by atoms with Crippen LogP contribution in [0.5, 0.6) is 17.2 Å². The molecule has 1 atom stereocenters. The van der Waals surface area contributed by atoms with E-state index in [0.29, 0.717) is 11.3 Å². The first-order chi connectivity index (χ1) is 14.5. The first-order valence-electron chi connectivity index (χ1n) is 9.23. The van der Waals surface area contributed by atoms with Gasteiger partial charge < -0.3 is 20.5 Å². The van der Waals surface area contributed by atoms with Crippen molar-refractivity contribution >= 4 is 5.91 Å². The Labute approximate surface area is 177 Å². The lowest BCUT2D eigenvalue weighted by molar-refractivity contribution is -0.274. The number of hydrogen-bond donors (Lipinski definition) is 2. The van der Waals surface area contributed by atoms with Crippen LogP contribution in [0.25, 0.3) is 0 Å². The predicted octanol–water partition coefficient (Wildman–Crippen LogP) is 5.14. The number of nitrogens with one attached hydrogen (secondary N) is 1. The smallest absolute Gasteiger partial charge is 0.457 e. The average Bonchev–Trinajstić information content (AvgIpc) is 2.65. The molecule has 0 saturated carbocycles. The van der Waals surface area contributed by atoms with Crippen molar-refractivity contribution < 1.29 is 31.8 Å². The summed E-state index contributed by atoms with van der Waals surface area (Å²) in [6, 6.07) is 11.8. The molecule has 2 aromatic rings. The maximum absolute atomic E-state index is 13.0. The third-order valence-corrected chi connectivity index (χ3v) is 3.82. The van der Waals surface area contributed by atoms with E-state index in [1.54, 1.807) is 24.3 Å². The lowest BCUT2D eigenvalue weighted by Gasteiger charge is -2.12. The van der Waals surface area contributed by atoms with Crippen LogP contribution in [0.4, 0.5) is 17.6 Å². The van der Waals surface area contributed by atoms with E-state index in [0.717, 1.165) is 12.1 Å². The highest BCUT2D eigenvalue weighted by atomic mass is 19.4. The Morgan fingerprint density at radius 1 is 1.13 bits per heavy atom. The molecule has 0 aliphatic carbocycles. The Kier molecular flexibility index (Phi) is 8.07. The van der Waals surface area contributed by atoms with Gasteiger partial charge in [0.25, 0.3) is 5.91 Å². The van der Waals surface area contributed by atoms with Crippen molar-refractivity contribution in [2.75, 3.05) is 0 Å². The van der Waals surface area contributed by atoms with Crippen LogP contribution in [0.2, 0.25) is 0 Å². The summed E-state index contributed by atoms with van der Waals surface area (Å²) in [5.41, 5.74) is 6.76. The zero-order valence-corrected chi connectivity index (χ0v) is 16.9. The first kappa shape index (κ1) is 23.8. The highest BCUT2D eigenvalue weighted by Crippen LogP contribution is 2.29. The van der Waals surface area contributed by atoms with E-state index in [9.17, 15) is 22.4 Å². The number of halogens is 4. The average molecular weight is 438 g/mol. The van der Waals surface area contributed by atoms with Crippen molar-refractivity contribution in [3.05, 3.63) is 77.5 Å². The molecule has 5 nitrogen and oxygen atoms in total. The van der Waals surface area contributed by atoms with E-state index >= 15 is 0 Å². The third kappa shape index (κ3) is 8.41. The summed E-state index contributed by atoms with van der Waals surface area (Å²) in [6.45, 7) is 2.99. The molecule has 3 N–H and O–H groups in total. The van der Waals surface area contributed by atoms with Crippen molar-refractivity contribution in [3.63, 3.8) is 0 Å². The maximum atomic E-state index is 13.0. The minimum atomic E-state index is -4.80. The van der Waals surface area contributed by atoms with Gasteiger partial charge in [0.1, 0.15) is 23.4 Å². The lowest BCUT2D eigenvalue weighted by atomic mass is 10.1. The Bertz CT molecular complexity index is 965. The molecule has 0 bridgehead atoms. The van der Waals surface area contributed by atoms with Crippen LogP contribution in [0.15, 0.2) is 72.0 Å². The maximum Gasteiger partial charge on any atom is 0.573 e. The molecule has 0 fully saturated rings. The molecule has 2 aromatic carbocycles. The second kappa shape index (κ2) is 10.5. The molecule has 0 aromatic heterocycles. The summed E-state index contributed by atoms with van der Waals surface area (Å²) in [6.07, 6.45) is -3.49. The number of carbonyl (C=O) groups excluding carboxylic acids is 1. The monoisotopic (exact) mass is 438 g/mol. The van der Waals surface area contributed by atoms with Crippen LogP contribution >= 0.6 is 0 Å². The SMILES string of the molecule is C/C(N)=C(\C=C/C(C)F)C(=O)NCc1cccc(Oc2cccc(OC(F)(F)F)c2)c1. The number of nitrogens with two attached hydrogens (primary N) is 1. The molecule has 9 heteroatoms. The normalized spacial score (nSPS) is 13.5. The molecular formula is C22H22F4N2O3. The third-order valence-electron chi connectivity index (χ3n) is 3.82. The number of hydrogen-bond acceptors (Lipinski definition) is 4. The summed E-state index contributed by atoms with van der Waals surface area (Å²) in [5.74, 6) is -0.369. The summed E-state index contributed by atoms with van der Waals surface area (Å²) in [7, 11) is 0. The van der Waals surface area contributed by atoms with Gasteiger partial charge in [-0.3, -0.25) is 4.79 Å². The summed E-state index contributed by atoms with van der Waals surface area (Å²) < 4.78 is 59.6. The molecule has 0 radical (unpaired) electrons. The molecule has 2 rings (SSSR count). The van der Waals surface area contributed by atoms with Gasteiger partial charge in [-0.05, 0) is 49.8 Å². The fourth-order valence-electron chi connectivity index (χ4n) is 2.48. The standard InChI is InChI=1S/C22H22F4N2O3/c1-14(23)9-10-20(15(2)27)21(29)28-13-16-5-3-6-17(11-16)30-18-7-4-8-19(12-18)31-22(24,25)26/h3-12,14H,13,27H2,1-2H3,(H,28,29)/b10-9-,20-15-. The van der Waals surface area contributed by atoms with Gasteiger partial charge in [0.05, 0.1) is 5.57 Å². The molecule has 0 saturated heterocycles. The van der Waals surface area contributed by atoms with Gasteiger partial charge in [-0.2, -0.15) is 0 Å². The summed E-state index contributed by atoms with van der Waals surface area (Å²) in [5, 5.41) is 2.68. The Hall–Kier alpha value is -3.49. The van der Waals surface area contributed by atoms with Crippen molar-refractivity contribution in [3.8, 4) is 17.2 Å². The Morgan fingerprint density at radius 3 is 2.35 bits per heavy atom. The number of ether oxygens (including phenoxy) is 2. The largest absolute Gasteiger partial charge is 0.573 e. The van der Waals surface area contributed by atoms with E-state index in [2.05, 4.69) is 10.1 Å². The number of benzene rings is 2. The number of amides is 1. The van der Waals surface area contributed by atoms with Gasteiger partial charge in [0.15, 0.2) is 0 Å². The number of carbonyl (C=O) groups is 1. The van der Waals surface area contributed by atoms with Gasteiger partial charge in [-0.1, -0.05) is 24.3 Å². The van der Waals surface area contributed by atoms with Crippen LogP contribution in [0.1, 0.15) is 19.4 Å². The van der Waals surface area contributed by atoms with Gasteiger partial charge in [-0.25, -0.2) is 4.39 Å². The number of alkyl halides is 4. The lowest BCUT2D eigenvalue weighted by Crippen LogP contribution is -2.25. The van der Waals surface area contributed by atoms with E-state index in [-0.39, 0.29) is 23.6 Å². The first-order valence-corrected chi connectivity index (χ1v) is 9.23. The van der Waals surface area contributed by atoms with E-state index < -0.39 is 24.2 Å². The molecule has 0 spiro atoms. The Morgan fingerprint density at radius 2 is 1.74 bits per heavy atom. The van der Waals surface area contributed by atoms with Gasteiger partial charge in [-0.15, -0.1) is 13.2 Å². The fraction of sp³-hybridized carbons (Fsp3) is 0.227. The molecular weight excluding hydrogens is 416 g/mol. The number of rotatable bonds is 8. The number of allylic oxidation sites excluding steroid dienone is 2. The predicted molar refractivity (Wildman–Crippen MR) is 108 cm³/mol. The summed E-state index contributed by atoms with van der Waals surface area (Å²) in [4.78, 5) is 12.3. The quantitative estimate of drug-likeness (QED) is 0.340. The molecule has 0 aliphatic rings. The molecule has 166 valence electrons. The zero-order valence-electron chi connectivity index (χ0n) is 16.9. The van der Waals surface area contributed by atoms with E-state index in [1.807, 2.05) is 0 Å². The van der Waals surface area contributed by atoms with Crippen LogP contribution in [0, 0.1) is 0 Å². The van der Waals surface area contributed by atoms with Crippen LogP contribution in [0.3, 0.4) is 0 Å². The molecule has 0 heterocycles. The highest BCUT2D eigenvalue weighted by Gasteiger charge is 2.31. The van der Waals surface area contributed by atoms with Crippen LogP contribution < -0.4 is 20.5 Å². The van der Waals surface area contributed by atoms with Crippen LogP contribution in [-0.4, -0.2) is 18.4 Å². The second-order valence-electron chi connectivity index (χ2n) is 6.59. The van der Waals surface area contributed by atoms with E-state index in [4.69, 9.17) is 10.5 Å². The van der Waals surface area contributed by atoms with Gasteiger partial charge in [0.2, 0.25) is 0 Å². The molecule has 0 aliphatic heterocycles. The van der Waals surface area contributed by atoms with Crippen molar-refractivity contribution in [2.24, 2.45) is 5.73 Å². The van der Waals surface area contributed by atoms with Crippen molar-refractivity contribution in [1.82, 2.24) is 5.32 Å². The van der Waals surface area contributed by atoms with E-state index in [1.165, 1.54) is 38.1 Å². The Balaban J connectivity index is 2.05. The molecule has 1 amide bonds. The van der Waals surface area contributed by atoms with Crippen molar-refractivity contribution in [2.45, 2.75) is 32.9 Å². The fourth-order valence-corrected chi connectivity index (χ4v) is 2.48. The zero-order chi connectivity index (χ0) is 23.0. The minimum Gasteiger partial charge on any atom is -0.457 e. The van der Waals surface area contributed by atoms with Crippen LogP contribution in [-0.2, 0) is 11.3 Å². The molecule has 1 unspecified atom stereocenters. The second-order valence-corrected chi connectivity index (χ2v) is 6.59. The minimum absolute atomic E-state index is 0.128. The molecule has 31 heavy (non-hydrogen) atoms. The summed E-state index contributed by atoms with van der Waals surface area (Å²) >= 11 is 0. The highest BCUT2D eigenvalue weighted by molar-refractivity contribution is 5.96.